The lowest BCUT2D eigenvalue weighted by atomic mass is 10.7. The van der Waals surface area contributed by atoms with Gasteiger partial charge in [-0.1, -0.05) is 0 Å². The van der Waals surface area contributed by atoms with Crippen molar-refractivity contribution < 1.29 is 24.8 Å². The van der Waals surface area contributed by atoms with E-state index < -0.39 is 0 Å². The van der Waals surface area contributed by atoms with Gasteiger partial charge in [-0.2, -0.15) is 0 Å². The molecule has 0 aliphatic rings. The zero-order chi connectivity index (χ0) is 12.4. The van der Waals surface area contributed by atoms with Gasteiger partial charge in [0, 0.05) is 19.8 Å². The van der Waals surface area contributed by atoms with Crippen LogP contribution >= 0.6 is 0 Å². The lowest BCUT2D eigenvalue weighted by Gasteiger charge is -1.94. The third-order valence-corrected chi connectivity index (χ3v) is 0.879. The molecule has 0 radical (unpaired) electrons. The van der Waals surface area contributed by atoms with E-state index >= 15 is 0 Å². The predicted octanol–water partition coefficient (Wildman–Crippen LogP) is 0.0290. The highest BCUT2D eigenvalue weighted by Gasteiger charge is 1.79. The molecule has 0 aromatic rings. The van der Waals surface area contributed by atoms with Gasteiger partial charge in [0.2, 0.25) is 0 Å². The first-order chi connectivity index (χ1) is 7.24. The van der Waals surface area contributed by atoms with E-state index in [-0.39, 0.29) is 19.8 Å². The molecular weight excluding hydrogens is 200 g/mol. The van der Waals surface area contributed by atoms with Gasteiger partial charge < -0.3 is 24.8 Å². The Morgan fingerprint density at radius 2 is 1.07 bits per heavy atom. The lowest BCUT2D eigenvalue weighted by Crippen LogP contribution is -2.03. The maximum absolute atomic E-state index is 8.09. The van der Waals surface area contributed by atoms with Crippen LogP contribution in [0.2, 0.25) is 0 Å². The van der Waals surface area contributed by atoms with E-state index in [1.54, 1.807) is 6.92 Å². The van der Waals surface area contributed by atoms with Crippen LogP contribution in [0, 0.1) is 0 Å². The summed E-state index contributed by atoms with van der Waals surface area (Å²) in [6, 6.07) is 0. The van der Waals surface area contributed by atoms with Crippen LogP contribution in [-0.4, -0.2) is 61.6 Å². The monoisotopic (exact) mass is 226 g/mol. The molecule has 0 saturated carbocycles. The number of hydrogen-bond donors (Lipinski definition) is 3. The van der Waals surface area contributed by atoms with Gasteiger partial charge in [-0.25, -0.2) is 0 Å². The molecule has 0 aromatic carbocycles. The van der Waals surface area contributed by atoms with E-state index in [1.165, 1.54) is 0 Å². The molecule has 96 valence electrons. The van der Waals surface area contributed by atoms with Gasteiger partial charge in [-0.15, -0.1) is 0 Å². The maximum atomic E-state index is 8.09. The molecule has 5 nitrogen and oxygen atoms in total. The zero-order valence-corrected chi connectivity index (χ0v) is 10.1. The highest BCUT2D eigenvalue weighted by molar-refractivity contribution is 4.24. The molecule has 0 saturated heterocycles. The van der Waals surface area contributed by atoms with Crippen LogP contribution in [0.4, 0.5) is 0 Å². The normalized spacial score (nSPS) is 8.40. The number of hydrogen-bond acceptors (Lipinski definition) is 5. The van der Waals surface area contributed by atoms with Gasteiger partial charge >= 0.3 is 0 Å². The van der Waals surface area contributed by atoms with Crippen LogP contribution < -0.4 is 0 Å². The highest BCUT2D eigenvalue weighted by Crippen LogP contribution is 1.68. The van der Waals surface area contributed by atoms with Crippen molar-refractivity contribution in [2.24, 2.45) is 0 Å². The van der Waals surface area contributed by atoms with Crippen molar-refractivity contribution in [1.82, 2.24) is 0 Å². The van der Waals surface area contributed by atoms with E-state index in [0.29, 0.717) is 13.2 Å². The van der Waals surface area contributed by atoms with E-state index in [0.717, 1.165) is 13.2 Å². The number of ether oxygens (including phenoxy) is 2. The van der Waals surface area contributed by atoms with Crippen molar-refractivity contribution in [3.05, 3.63) is 0 Å². The molecule has 0 amide bonds. The summed E-state index contributed by atoms with van der Waals surface area (Å²) in [6.45, 7) is 8.29. The molecule has 0 atom stereocenters. The average Bonchev–Trinajstić information content (AvgIpc) is 2.22. The first-order valence-corrected chi connectivity index (χ1v) is 5.22. The van der Waals surface area contributed by atoms with Gasteiger partial charge in [0.15, 0.2) is 0 Å². The lowest BCUT2D eigenvalue weighted by molar-refractivity contribution is 0.0650. The minimum absolute atomic E-state index is 0.0278. The summed E-state index contributed by atoms with van der Waals surface area (Å²) in [5.41, 5.74) is 0. The Bertz CT molecular complexity index is 64.8. The molecule has 0 heterocycles. The maximum Gasteiger partial charge on any atom is 0.0698 e. The molecule has 0 unspecified atom stereocenters. The quantitative estimate of drug-likeness (QED) is 0.557. The van der Waals surface area contributed by atoms with Crippen LogP contribution in [0.3, 0.4) is 0 Å². The molecule has 0 aromatic heterocycles. The topological polar surface area (TPSA) is 79.2 Å². The number of rotatable bonds is 6. The van der Waals surface area contributed by atoms with Crippen molar-refractivity contribution in [3.8, 4) is 0 Å². The third-order valence-electron chi connectivity index (χ3n) is 0.879. The zero-order valence-electron chi connectivity index (χ0n) is 10.1. The third kappa shape index (κ3) is 57.1. The fourth-order valence-corrected chi connectivity index (χ4v) is 0.435. The average molecular weight is 226 g/mol. The fraction of sp³-hybridized carbons (Fsp3) is 1.00. The Hall–Kier alpha value is -0.200. The van der Waals surface area contributed by atoms with Crippen molar-refractivity contribution >= 4 is 0 Å². The smallest absolute Gasteiger partial charge is 0.0698 e. The summed E-state index contributed by atoms with van der Waals surface area (Å²) in [4.78, 5) is 0. The Labute approximate surface area is 92.6 Å². The van der Waals surface area contributed by atoms with Crippen LogP contribution in [0.25, 0.3) is 0 Å². The Morgan fingerprint density at radius 3 is 1.20 bits per heavy atom. The molecule has 0 fully saturated rings. The number of aliphatic hydroxyl groups excluding tert-OH is 3. The van der Waals surface area contributed by atoms with Crippen LogP contribution in [0.15, 0.2) is 0 Å². The van der Waals surface area contributed by atoms with Gasteiger partial charge in [0.1, 0.15) is 0 Å². The molecule has 3 N–H and O–H groups in total. The summed E-state index contributed by atoms with van der Waals surface area (Å²) >= 11 is 0. The second-order valence-electron chi connectivity index (χ2n) is 2.16. The second-order valence-corrected chi connectivity index (χ2v) is 2.16. The minimum atomic E-state index is 0.0278. The Balaban J connectivity index is -0.000000158. The summed E-state index contributed by atoms with van der Waals surface area (Å²) in [7, 11) is 0. The first kappa shape index (κ1) is 20.2. The predicted molar refractivity (Wildman–Crippen MR) is 59.9 cm³/mol. The van der Waals surface area contributed by atoms with Gasteiger partial charge in [-0.3, -0.25) is 0 Å². The van der Waals surface area contributed by atoms with Crippen molar-refractivity contribution in [2.45, 2.75) is 20.8 Å². The van der Waals surface area contributed by atoms with E-state index in [1.807, 2.05) is 13.8 Å². The van der Waals surface area contributed by atoms with Crippen molar-refractivity contribution in [2.75, 3.05) is 46.2 Å². The molecule has 15 heavy (non-hydrogen) atoms. The summed E-state index contributed by atoms with van der Waals surface area (Å²) in [5, 5.41) is 23.7. The second kappa shape index (κ2) is 29.2. The SMILES string of the molecule is CCO.CCOCC.OCCOCCO. The highest BCUT2D eigenvalue weighted by atomic mass is 16.5. The minimum Gasteiger partial charge on any atom is -0.397 e. The van der Waals surface area contributed by atoms with Crippen molar-refractivity contribution in [1.29, 1.82) is 0 Å². The van der Waals surface area contributed by atoms with Gasteiger partial charge in [0.05, 0.1) is 26.4 Å². The Kier molecular flexibility index (Phi) is 39.4. The Morgan fingerprint density at radius 1 is 0.733 bits per heavy atom. The van der Waals surface area contributed by atoms with Crippen molar-refractivity contribution in [3.63, 3.8) is 0 Å². The van der Waals surface area contributed by atoms with E-state index in [9.17, 15) is 0 Å². The summed E-state index contributed by atoms with van der Waals surface area (Å²) < 4.78 is 9.47. The standard InChI is InChI=1S/C4H10O3.C4H10O.C2H6O/c5-1-3-7-4-2-6;1-3-5-4-2;1-2-3/h5-6H,1-4H2;3-4H2,1-2H3;3H,2H2,1H3. The van der Waals surface area contributed by atoms with Crippen LogP contribution in [0.5, 0.6) is 0 Å². The summed E-state index contributed by atoms with van der Waals surface area (Å²) in [5.74, 6) is 0. The molecular formula is C10H26O5. The molecule has 0 spiro atoms. The van der Waals surface area contributed by atoms with E-state index in [4.69, 9.17) is 20.1 Å². The van der Waals surface area contributed by atoms with E-state index in [2.05, 4.69) is 4.74 Å². The molecule has 0 aliphatic carbocycles. The summed E-state index contributed by atoms with van der Waals surface area (Å²) in [6.07, 6.45) is 0. The van der Waals surface area contributed by atoms with Gasteiger partial charge in [0.25, 0.3) is 0 Å². The number of aliphatic hydroxyl groups is 3. The molecule has 0 bridgehead atoms. The van der Waals surface area contributed by atoms with Crippen LogP contribution in [0.1, 0.15) is 20.8 Å². The molecule has 5 heteroatoms. The molecule has 0 aliphatic heterocycles. The fourth-order valence-electron chi connectivity index (χ4n) is 0.435. The molecule has 0 rings (SSSR count). The van der Waals surface area contributed by atoms with Crippen LogP contribution in [-0.2, 0) is 9.47 Å². The van der Waals surface area contributed by atoms with Gasteiger partial charge in [-0.05, 0) is 20.8 Å². The first-order valence-electron chi connectivity index (χ1n) is 5.22. The largest absolute Gasteiger partial charge is 0.397 e.